The van der Waals surface area contributed by atoms with Gasteiger partial charge in [-0.1, -0.05) is 0 Å². The van der Waals surface area contributed by atoms with E-state index in [1.54, 1.807) is 0 Å². The van der Waals surface area contributed by atoms with E-state index in [4.69, 9.17) is 0 Å². The van der Waals surface area contributed by atoms with E-state index in [0.717, 1.165) is 19.5 Å². The largest absolute Gasteiger partial charge is 0.311 e. The van der Waals surface area contributed by atoms with Crippen molar-refractivity contribution in [2.45, 2.75) is 12.5 Å². The average Bonchev–Trinajstić information content (AvgIpc) is 2.51. The van der Waals surface area contributed by atoms with E-state index in [1.165, 1.54) is 15.9 Å². The van der Waals surface area contributed by atoms with Crippen molar-refractivity contribution in [2.24, 2.45) is 0 Å². The number of hydrogen-bond donors (Lipinski definition) is 1. The summed E-state index contributed by atoms with van der Waals surface area (Å²) in [5.74, 6) is 0. The second-order valence-electron chi connectivity index (χ2n) is 3.85. The molecule has 1 N–H and O–H groups in total. The van der Waals surface area contributed by atoms with Crippen molar-refractivity contribution in [3.8, 4) is 0 Å². The maximum atomic E-state index is 3.56. The predicted octanol–water partition coefficient (Wildman–Crippen LogP) is 1.96. The minimum atomic E-state index is 0.624. The Balaban J connectivity index is 1.90. The van der Waals surface area contributed by atoms with Crippen LogP contribution in [0, 0.1) is 0 Å². The molecule has 1 aliphatic rings. The molecule has 1 unspecified atom stereocenters. The molecule has 0 saturated carbocycles. The summed E-state index contributed by atoms with van der Waals surface area (Å²) < 4.78 is 1.21. The Morgan fingerprint density at radius 1 is 1.71 bits per heavy atom. The van der Waals surface area contributed by atoms with Crippen LogP contribution in [0.15, 0.2) is 15.9 Å². The smallest absolute Gasteiger partial charge is 0.0285 e. The van der Waals surface area contributed by atoms with E-state index in [9.17, 15) is 0 Å². The number of thiophene rings is 1. The Morgan fingerprint density at radius 3 is 3.21 bits per heavy atom. The molecule has 2 rings (SSSR count). The van der Waals surface area contributed by atoms with E-state index < -0.39 is 0 Å². The Hall–Kier alpha value is 0.1000. The molecule has 78 valence electrons. The number of nitrogens with one attached hydrogen (secondary N) is 1. The molecule has 1 aliphatic heterocycles. The fourth-order valence-electron chi connectivity index (χ4n) is 1.83. The van der Waals surface area contributed by atoms with Gasteiger partial charge >= 0.3 is 0 Å². The van der Waals surface area contributed by atoms with Crippen molar-refractivity contribution in [1.82, 2.24) is 10.2 Å². The lowest BCUT2D eigenvalue weighted by molar-refractivity contribution is 0.238. The highest BCUT2D eigenvalue weighted by Crippen LogP contribution is 2.21. The first kappa shape index (κ1) is 10.6. The van der Waals surface area contributed by atoms with Crippen LogP contribution in [0.3, 0.4) is 0 Å². The Morgan fingerprint density at radius 2 is 2.57 bits per heavy atom. The third kappa shape index (κ3) is 2.79. The average molecular weight is 275 g/mol. The lowest BCUT2D eigenvalue weighted by Gasteiger charge is -2.30. The Bertz CT molecular complexity index is 300. The molecule has 0 bridgehead atoms. The van der Waals surface area contributed by atoms with Gasteiger partial charge in [0, 0.05) is 40.4 Å². The zero-order valence-electron chi connectivity index (χ0n) is 8.29. The molecule has 1 atom stereocenters. The van der Waals surface area contributed by atoms with Crippen molar-refractivity contribution in [3.63, 3.8) is 0 Å². The number of likely N-dealkylation sites (N-methyl/N-ethyl adjacent to an activating group) is 1. The third-order valence-electron chi connectivity index (χ3n) is 2.53. The summed E-state index contributed by atoms with van der Waals surface area (Å²) in [6, 6.07) is 2.85. The minimum absolute atomic E-state index is 0.624. The second-order valence-corrected chi connectivity index (χ2v) is 5.76. The molecule has 0 spiro atoms. The van der Waals surface area contributed by atoms with Crippen LogP contribution in [0.1, 0.15) is 4.88 Å². The number of nitrogens with zero attached hydrogens (tertiary/aromatic N) is 1. The first-order chi connectivity index (χ1) is 6.74. The summed E-state index contributed by atoms with van der Waals surface area (Å²) in [4.78, 5) is 3.86. The van der Waals surface area contributed by atoms with Gasteiger partial charge in [-0.05, 0) is 35.5 Å². The molecule has 0 aliphatic carbocycles. The van der Waals surface area contributed by atoms with Crippen molar-refractivity contribution in [3.05, 3.63) is 20.8 Å². The molecule has 0 aromatic carbocycles. The van der Waals surface area contributed by atoms with Gasteiger partial charge in [-0.15, -0.1) is 11.3 Å². The van der Waals surface area contributed by atoms with Gasteiger partial charge in [0.1, 0.15) is 0 Å². The van der Waals surface area contributed by atoms with Crippen molar-refractivity contribution in [2.75, 3.05) is 26.7 Å². The molecule has 1 aromatic heterocycles. The van der Waals surface area contributed by atoms with Crippen LogP contribution in [-0.2, 0) is 6.42 Å². The van der Waals surface area contributed by atoms with Crippen molar-refractivity contribution >= 4 is 27.3 Å². The lowest BCUT2D eigenvalue weighted by Crippen LogP contribution is -2.49. The van der Waals surface area contributed by atoms with Gasteiger partial charge in [0.05, 0.1) is 0 Å². The van der Waals surface area contributed by atoms with E-state index >= 15 is 0 Å². The molecule has 1 aromatic rings. The van der Waals surface area contributed by atoms with Crippen LogP contribution in [0.4, 0.5) is 0 Å². The van der Waals surface area contributed by atoms with Crippen LogP contribution in [0.2, 0.25) is 0 Å². The summed E-state index contributed by atoms with van der Waals surface area (Å²) in [6.45, 7) is 3.45. The zero-order valence-corrected chi connectivity index (χ0v) is 10.7. The summed E-state index contributed by atoms with van der Waals surface area (Å²) in [5.41, 5.74) is 0. The van der Waals surface area contributed by atoms with Gasteiger partial charge in [0.15, 0.2) is 0 Å². The normalized spacial score (nSPS) is 24.0. The fourth-order valence-corrected chi connectivity index (χ4v) is 3.36. The standard InChI is InChI=1S/C10H15BrN2S/c1-13-3-2-12-9(6-13)5-10-4-8(11)7-14-10/h4,7,9,12H,2-3,5-6H2,1H3. The molecule has 2 heterocycles. The quantitative estimate of drug-likeness (QED) is 0.887. The number of hydrogen-bond acceptors (Lipinski definition) is 3. The summed E-state index contributed by atoms with van der Waals surface area (Å²) >= 11 is 5.33. The maximum Gasteiger partial charge on any atom is 0.0285 e. The summed E-state index contributed by atoms with van der Waals surface area (Å²) in [7, 11) is 2.19. The molecular formula is C10H15BrN2S. The minimum Gasteiger partial charge on any atom is -0.311 e. The highest BCUT2D eigenvalue weighted by molar-refractivity contribution is 9.10. The number of halogens is 1. The van der Waals surface area contributed by atoms with Gasteiger partial charge in [-0.2, -0.15) is 0 Å². The molecule has 1 fully saturated rings. The maximum absolute atomic E-state index is 3.56. The molecule has 1 saturated heterocycles. The number of piperazine rings is 1. The molecule has 0 amide bonds. The molecule has 2 nitrogen and oxygen atoms in total. The van der Waals surface area contributed by atoms with E-state index in [1.807, 2.05) is 11.3 Å². The third-order valence-corrected chi connectivity index (χ3v) is 4.25. The van der Waals surface area contributed by atoms with Gasteiger partial charge in [-0.25, -0.2) is 0 Å². The molecule has 14 heavy (non-hydrogen) atoms. The molecule has 4 heteroatoms. The topological polar surface area (TPSA) is 15.3 Å². The van der Waals surface area contributed by atoms with Crippen LogP contribution in [-0.4, -0.2) is 37.6 Å². The summed E-state index contributed by atoms with van der Waals surface area (Å²) in [6.07, 6.45) is 1.15. The highest BCUT2D eigenvalue weighted by atomic mass is 79.9. The number of rotatable bonds is 2. The summed E-state index contributed by atoms with van der Waals surface area (Å²) in [5, 5.41) is 5.71. The lowest BCUT2D eigenvalue weighted by atomic mass is 10.1. The monoisotopic (exact) mass is 274 g/mol. The van der Waals surface area contributed by atoms with Crippen LogP contribution >= 0.6 is 27.3 Å². The van der Waals surface area contributed by atoms with Gasteiger partial charge < -0.3 is 10.2 Å². The molecule has 0 radical (unpaired) electrons. The fraction of sp³-hybridized carbons (Fsp3) is 0.600. The highest BCUT2D eigenvalue weighted by Gasteiger charge is 2.16. The van der Waals surface area contributed by atoms with Crippen LogP contribution in [0.5, 0.6) is 0 Å². The van der Waals surface area contributed by atoms with E-state index in [0.29, 0.717) is 6.04 Å². The first-order valence-electron chi connectivity index (χ1n) is 4.89. The van der Waals surface area contributed by atoms with Crippen LogP contribution in [0.25, 0.3) is 0 Å². The van der Waals surface area contributed by atoms with Crippen LogP contribution < -0.4 is 5.32 Å². The molecular weight excluding hydrogens is 260 g/mol. The SMILES string of the molecule is CN1CCNC(Cc2cc(Br)cs2)C1. The van der Waals surface area contributed by atoms with Gasteiger partial charge in [-0.3, -0.25) is 0 Å². The van der Waals surface area contributed by atoms with E-state index in [-0.39, 0.29) is 0 Å². The second kappa shape index (κ2) is 4.75. The predicted molar refractivity (Wildman–Crippen MR) is 65.0 cm³/mol. The van der Waals surface area contributed by atoms with Crippen molar-refractivity contribution in [1.29, 1.82) is 0 Å². The zero-order chi connectivity index (χ0) is 9.97. The van der Waals surface area contributed by atoms with Gasteiger partial charge in [0.25, 0.3) is 0 Å². The Kier molecular flexibility index (Phi) is 3.60. The van der Waals surface area contributed by atoms with Crippen molar-refractivity contribution < 1.29 is 0 Å². The van der Waals surface area contributed by atoms with E-state index in [2.05, 4.69) is 44.6 Å². The first-order valence-corrected chi connectivity index (χ1v) is 6.56. The Labute approximate surface area is 97.4 Å². The van der Waals surface area contributed by atoms with Gasteiger partial charge in [0.2, 0.25) is 0 Å².